The number of tetrazole rings is 1. The number of thioether (sulfide) groups is 1. The topological polar surface area (TPSA) is 94.3 Å². The van der Waals surface area contributed by atoms with Crippen LogP contribution in [0.3, 0.4) is 0 Å². The normalized spacial score (nSPS) is 15.9. The number of nitrogens with zero attached hydrogens (tertiary/aromatic N) is 5. The minimum Gasteiger partial charge on any atom is -0.387 e. The number of nitrogens with one attached hydrogen (secondary N) is 1. The monoisotopic (exact) mass is 380 g/mol. The van der Waals surface area contributed by atoms with E-state index in [4.69, 9.17) is 4.84 Å². The van der Waals surface area contributed by atoms with E-state index in [-0.39, 0.29) is 12.0 Å². The molecule has 0 radical (unpaired) electrons. The molecule has 27 heavy (non-hydrogen) atoms. The molecular formula is C18H16N6O2S. The highest BCUT2D eigenvalue weighted by Gasteiger charge is 2.27. The Balaban J connectivity index is 1.45. The Labute approximate surface area is 159 Å². The molecule has 0 unspecified atom stereocenters. The van der Waals surface area contributed by atoms with Crippen molar-refractivity contribution in [2.75, 3.05) is 11.6 Å². The van der Waals surface area contributed by atoms with Crippen LogP contribution in [0.2, 0.25) is 0 Å². The Morgan fingerprint density at radius 3 is 2.89 bits per heavy atom. The molecule has 0 saturated carbocycles. The van der Waals surface area contributed by atoms with Gasteiger partial charge in [-0.15, -0.1) is 5.10 Å². The van der Waals surface area contributed by atoms with Crippen LogP contribution in [0.5, 0.6) is 0 Å². The zero-order chi connectivity index (χ0) is 18.6. The average molecular weight is 380 g/mol. The fraction of sp³-hybridized carbons (Fsp3) is 0.167. The Morgan fingerprint density at radius 2 is 2.07 bits per heavy atom. The summed E-state index contributed by atoms with van der Waals surface area (Å²) in [6, 6.07) is 17.0. The maximum atomic E-state index is 12.5. The van der Waals surface area contributed by atoms with E-state index in [9.17, 15) is 4.79 Å². The number of oxime groups is 1. The van der Waals surface area contributed by atoms with Gasteiger partial charge >= 0.3 is 0 Å². The summed E-state index contributed by atoms with van der Waals surface area (Å²) in [6.45, 7) is 0. The van der Waals surface area contributed by atoms with E-state index in [1.807, 2.05) is 48.7 Å². The van der Waals surface area contributed by atoms with Crippen molar-refractivity contribution >= 4 is 29.1 Å². The lowest BCUT2D eigenvalue weighted by Gasteiger charge is -2.08. The SMILES string of the molecule is CSc1nnnn1-c1cccc(NC(=O)C2=NO[C@H](c3ccccc3)C2)c1. The number of carbonyl (C=O) groups is 1. The average Bonchev–Trinajstić information content (AvgIpc) is 3.38. The van der Waals surface area contributed by atoms with Gasteiger partial charge in [0.1, 0.15) is 5.71 Å². The van der Waals surface area contributed by atoms with Crippen molar-refractivity contribution in [2.24, 2.45) is 5.16 Å². The van der Waals surface area contributed by atoms with Crippen LogP contribution in [0.15, 0.2) is 64.9 Å². The largest absolute Gasteiger partial charge is 0.387 e. The molecule has 0 aliphatic carbocycles. The van der Waals surface area contributed by atoms with Crippen LogP contribution >= 0.6 is 11.8 Å². The van der Waals surface area contributed by atoms with E-state index < -0.39 is 0 Å². The minimum absolute atomic E-state index is 0.233. The highest BCUT2D eigenvalue weighted by Crippen LogP contribution is 2.27. The van der Waals surface area contributed by atoms with Crippen LogP contribution in [0.1, 0.15) is 18.1 Å². The number of anilines is 1. The molecule has 1 aliphatic heterocycles. The third kappa shape index (κ3) is 3.68. The van der Waals surface area contributed by atoms with Gasteiger partial charge in [-0.3, -0.25) is 4.79 Å². The predicted octanol–water partition coefficient (Wildman–Crippen LogP) is 2.84. The molecule has 0 saturated heterocycles. The van der Waals surface area contributed by atoms with Crippen molar-refractivity contribution in [3.05, 3.63) is 60.2 Å². The fourth-order valence-corrected chi connectivity index (χ4v) is 3.18. The Morgan fingerprint density at radius 1 is 1.22 bits per heavy atom. The first-order chi connectivity index (χ1) is 13.2. The Bertz CT molecular complexity index is 988. The molecule has 9 heteroatoms. The third-order valence-corrected chi connectivity index (χ3v) is 4.69. The molecule has 1 aromatic heterocycles. The standard InChI is InChI=1S/C18H16N6O2S/c1-27-18-20-22-23-24(18)14-9-5-8-13(10-14)19-17(25)15-11-16(26-21-15)12-6-3-2-4-7-12/h2-10,16H,11H2,1H3,(H,19,25)/t16-/m0/s1. The quantitative estimate of drug-likeness (QED) is 0.684. The van der Waals surface area contributed by atoms with E-state index in [2.05, 4.69) is 26.0 Å². The second kappa shape index (κ2) is 7.58. The van der Waals surface area contributed by atoms with Crippen LogP contribution in [-0.2, 0) is 9.63 Å². The molecule has 2 heterocycles. The summed E-state index contributed by atoms with van der Waals surface area (Å²) in [6.07, 6.45) is 2.10. The summed E-state index contributed by atoms with van der Waals surface area (Å²) in [4.78, 5) is 18.0. The molecule has 8 nitrogen and oxygen atoms in total. The summed E-state index contributed by atoms with van der Waals surface area (Å²) < 4.78 is 1.61. The zero-order valence-corrected chi connectivity index (χ0v) is 15.3. The molecule has 4 rings (SSSR count). The number of amides is 1. The first-order valence-electron chi connectivity index (χ1n) is 8.26. The number of rotatable bonds is 5. The lowest BCUT2D eigenvalue weighted by Crippen LogP contribution is -2.22. The summed E-state index contributed by atoms with van der Waals surface area (Å²) in [5, 5.41) is 19.1. The number of carbonyl (C=O) groups excluding carboxylic acids is 1. The molecule has 136 valence electrons. The van der Waals surface area contributed by atoms with Crippen LogP contribution in [0, 0.1) is 0 Å². The van der Waals surface area contributed by atoms with E-state index in [1.54, 1.807) is 16.8 Å². The van der Waals surface area contributed by atoms with E-state index >= 15 is 0 Å². The van der Waals surface area contributed by atoms with Crippen molar-refractivity contribution in [1.29, 1.82) is 0 Å². The molecule has 1 N–H and O–H groups in total. The van der Waals surface area contributed by atoms with Crippen molar-refractivity contribution in [3.8, 4) is 5.69 Å². The van der Waals surface area contributed by atoms with Gasteiger partial charge in [-0.05, 0) is 40.4 Å². The van der Waals surface area contributed by atoms with Gasteiger partial charge in [0.25, 0.3) is 5.91 Å². The van der Waals surface area contributed by atoms with E-state index in [0.717, 1.165) is 11.3 Å². The van der Waals surface area contributed by atoms with Gasteiger partial charge in [0.05, 0.1) is 5.69 Å². The lowest BCUT2D eigenvalue weighted by molar-refractivity contribution is -0.110. The minimum atomic E-state index is -0.285. The summed E-state index contributed by atoms with van der Waals surface area (Å²) in [7, 11) is 0. The van der Waals surface area contributed by atoms with Gasteiger partial charge in [-0.1, -0.05) is 53.3 Å². The highest BCUT2D eigenvalue weighted by molar-refractivity contribution is 7.98. The second-order valence-corrected chi connectivity index (χ2v) is 6.60. The van der Waals surface area contributed by atoms with Crippen molar-refractivity contribution in [2.45, 2.75) is 17.7 Å². The fourth-order valence-electron chi connectivity index (χ4n) is 2.74. The second-order valence-electron chi connectivity index (χ2n) is 5.83. The van der Waals surface area contributed by atoms with Crippen LogP contribution in [0.4, 0.5) is 5.69 Å². The van der Waals surface area contributed by atoms with Crippen molar-refractivity contribution in [3.63, 3.8) is 0 Å². The van der Waals surface area contributed by atoms with E-state index in [1.165, 1.54) is 11.8 Å². The highest BCUT2D eigenvalue weighted by atomic mass is 32.2. The van der Waals surface area contributed by atoms with Crippen LogP contribution in [0.25, 0.3) is 5.69 Å². The Kier molecular flexibility index (Phi) is 4.84. The number of hydrogen-bond donors (Lipinski definition) is 1. The van der Waals surface area contributed by atoms with Gasteiger partial charge in [0, 0.05) is 12.1 Å². The first-order valence-corrected chi connectivity index (χ1v) is 9.49. The van der Waals surface area contributed by atoms with Crippen molar-refractivity contribution in [1.82, 2.24) is 20.2 Å². The van der Waals surface area contributed by atoms with Crippen LogP contribution in [-0.4, -0.2) is 38.1 Å². The molecule has 3 aromatic rings. The molecule has 0 fully saturated rings. The molecule has 2 aromatic carbocycles. The van der Waals surface area contributed by atoms with Crippen molar-refractivity contribution < 1.29 is 9.63 Å². The lowest BCUT2D eigenvalue weighted by atomic mass is 10.0. The maximum absolute atomic E-state index is 12.5. The summed E-state index contributed by atoms with van der Waals surface area (Å²) >= 11 is 1.44. The first kappa shape index (κ1) is 17.2. The van der Waals surface area contributed by atoms with Gasteiger partial charge < -0.3 is 10.2 Å². The maximum Gasteiger partial charge on any atom is 0.273 e. The Hall–Kier alpha value is -3.20. The van der Waals surface area contributed by atoms with Gasteiger partial charge in [-0.25, -0.2) is 0 Å². The summed E-state index contributed by atoms with van der Waals surface area (Å²) in [5.74, 6) is -0.285. The predicted molar refractivity (Wildman–Crippen MR) is 102 cm³/mol. The number of benzene rings is 2. The smallest absolute Gasteiger partial charge is 0.273 e. The molecule has 1 amide bonds. The van der Waals surface area contributed by atoms with Crippen LogP contribution < -0.4 is 5.32 Å². The number of hydrogen-bond acceptors (Lipinski definition) is 7. The molecule has 1 atom stereocenters. The van der Waals surface area contributed by atoms with Gasteiger partial charge in [0.2, 0.25) is 5.16 Å². The molecule has 0 bridgehead atoms. The molecule has 0 spiro atoms. The third-order valence-electron chi connectivity index (χ3n) is 4.07. The summed E-state index contributed by atoms with van der Waals surface area (Å²) in [5.41, 5.74) is 2.75. The molecular weight excluding hydrogens is 364 g/mol. The van der Waals surface area contributed by atoms with E-state index in [0.29, 0.717) is 23.0 Å². The number of aromatic nitrogens is 4. The molecule has 1 aliphatic rings. The zero-order valence-electron chi connectivity index (χ0n) is 14.4. The van der Waals surface area contributed by atoms with Gasteiger partial charge in [-0.2, -0.15) is 4.68 Å². The van der Waals surface area contributed by atoms with Gasteiger partial charge in [0.15, 0.2) is 6.10 Å².